The summed E-state index contributed by atoms with van der Waals surface area (Å²) in [6.45, 7) is 6.34. The Morgan fingerprint density at radius 3 is 2.74 bits per heavy atom. The topological polar surface area (TPSA) is 43.4 Å². The summed E-state index contributed by atoms with van der Waals surface area (Å²) >= 11 is 11.3. The largest absolute Gasteiger partial charge is 0.462 e. The molecule has 148 valence electrons. The highest BCUT2D eigenvalue weighted by atomic mass is 79.9. The summed E-state index contributed by atoms with van der Waals surface area (Å²) in [5, 5.41) is -0.101. The van der Waals surface area contributed by atoms with Crippen LogP contribution in [0.1, 0.15) is 59.3 Å². The van der Waals surface area contributed by atoms with Gasteiger partial charge in [0, 0.05) is 17.3 Å². The molecule has 0 N–H and O–H groups in total. The number of alkyl halides is 2. The lowest BCUT2D eigenvalue weighted by molar-refractivity contribution is -0.157. The van der Waals surface area contributed by atoms with E-state index in [1.165, 1.54) is 5.57 Å². The first kappa shape index (κ1) is 19.7. The summed E-state index contributed by atoms with van der Waals surface area (Å²) in [7, 11) is 0. The van der Waals surface area contributed by atoms with Gasteiger partial charge in [-0.25, -0.2) is 0 Å². The van der Waals surface area contributed by atoms with Crippen molar-refractivity contribution in [3.63, 3.8) is 0 Å². The van der Waals surface area contributed by atoms with Crippen molar-refractivity contribution < 1.29 is 14.3 Å². The molecule has 3 nitrogen and oxygen atoms in total. The van der Waals surface area contributed by atoms with Crippen LogP contribution in [0.25, 0.3) is 0 Å². The standard InChI is InChI=1S/C22H28BrClO3/c1-4-19(26)27-18-8-7-15-16-6-5-13-11-14(25)9-10-21(13,3)22(16,23)17(24)12-20(15,18)2/h9-11,15-18H,4-8,12H2,1-3H3/t15-,16-,17-,18-,20-,21-,22-/m0/s1. The molecule has 0 aromatic rings. The zero-order valence-electron chi connectivity index (χ0n) is 16.3. The van der Waals surface area contributed by atoms with Gasteiger partial charge in [-0.05, 0) is 56.1 Å². The molecule has 3 fully saturated rings. The number of hydrogen-bond acceptors (Lipinski definition) is 3. The van der Waals surface area contributed by atoms with Crippen LogP contribution < -0.4 is 0 Å². The number of rotatable bonds is 2. The van der Waals surface area contributed by atoms with Gasteiger partial charge < -0.3 is 4.74 Å². The van der Waals surface area contributed by atoms with E-state index in [1.54, 1.807) is 6.08 Å². The van der Waals surface area contributed by atoms with Crippen LogP contribution in [0.4, 0.5) is 0 Å². The van der Waals surface area contributed by atoms with Gasteiger partial charge in [0.05, 0.1) is 9.70 Å². The minimum atomic E-state index is -0.281. The fourth-order valence-corrected chi connectivity index (χ4v) is 8.35. The summed E-state index contributed by atoms with van der Waals surface area (Å²) in [5.74, 6) is 0.824. The molecule has 4 aliphatic rings. The van der Waals surface area contributed by atoms with Crippen molar-refractivity contribution in [3.05, 3.63) is 23.8 Å². The van der Waals surface area contributed by atoms with Crippen LogP contribution in [-0.4, -0.2) is 27.6 Å². The molecule has 3 saturated carbocycles. The van der Waals surface area contributed by atoms with Crippen molar-refractivity contribution in [1.82, 2.24) is 0 Å². The molecule has 4 rings (SSSR count). The number of carbonyl (C=O) groups is 2. The van der Waals surface area contributed by atoms with E-state index in [-0.39, 0.29) is 38.4 Å². The van der Waals surface area contributed by atoms with E-state index in [0.717, 1.165) is 32.1 Å². The molecular formula is C22H28BrClO3. The number of carbonyl (C=O) groups excluding carboxylic acids is 2. The predicted octanol–water partition coefficient (Wildman–Crippen LogP) is 5.35. The molecule has 0 amide bonds. The quantitative estimate of drug-likeness (QED) is 0.416. The van der Waals surface area contributed by atoms with Crippen LogP contribution in [-0.2, 0) is 14.3 Å². The Balaban J connectivity index is 1.72. The SMILES string of the molecule is CCC(=O)O[C@H]1CC[C@H]2[C@@H]3CCC4=CC(=O)C=C[C@]4(C)[C@@]3(Br)[C@@H](Cl)C[C@]12C. The van der Waals surface area contributed by atoms with Crippen molar-refractivity contribution in [2.75, 3.05) is 0 Å². The van der Waals surface area contributed by atoms with E-state index in [0.29, 0.717) is 18.3 Å². The summed E-state index contributed by atoms with van der Waals surface area (Å²) in [6, 6.07) is 0. The first-order valence-electron chi connectivity index (χ1n) is 10.1. The van der Waals surface area contributed by atoms with E-state index >= 15 is 0 Å². The van der Waals surface area contributed by atoms with Gasteiger partial charge in [0.25, 0.3) is 0 Å². The molecule has 7 atom stereocenters. The van der Waals surface area contributed by atoms with Crippen LogP contribution in [0.15, 0.2) is 23.8 Å². The molecule has 0 aromatic heterocycles. The van der Waals surface area contributed by atoms with Crippen LogP contribution in [0.3, 0.4) is 0 Å². The normalized spacial score (nSPS) is 48.3. The van der Waals surface area contributed by atoms with Crippen LogP contribution in [0.2, 0.25) is 0 Å². The van der Waals surface area contributed by atoms with E-state index in [9.17, 15) is 9.59 Å². The molecule has 0 bridgehead atoms. The molecule has 4 aliphatic carbocycles. The Kier molecular flexibility index (Phi) is 4.71. The van der Waals surface area contributed by atoms with Gasteiger partial charge in [-0.2, -0.15) is 0 Å². The monoisotopic (exact) mass is 454 g/mol. The Morgan fingerprint density at radius 1 is 1.30 bits per heavy atom. The van der Waals surface area contributed by atoms with Gasteiger partial charge in [0.15, 0.2) is 5.78 Å². The number of ether oxygens (including phenoxy) is 1. The Hall–Kier alpha value is -0.610. The van der Waals surface area contributed by atoms with Crippen molar-refractivity contribution in [3.8, 4) is 0 Å². The highest BCUT2D eigenvalue weighted by Gasteiger charge is 2.68. The molecule has 0 spiro atoms. The molecule has 0 saturated heterocycles. The van der Waals surface area contributed by atoms with Gasteiger partial charge in [-0.3, -0.25) is 9.59 Å². The molecule has 0 aromatic carbocycles. The van der Waals surface area contributed by atoms with Crippen molar-refractivity contribution in [2.45, 2.75) is 75.1 Å². The molecule has 0 aliphatic heterocycles. The number of halogens is 2. The molecule has 0 unspecified atom stereocenters. The number of esters is 1. The third-order valence-electron chi connectivity index (χ3n) is 8.07. The summed E-state index contributed by atoms with van der Waals surface area (Å²) in [5.41, 5.74) is 0.866. The minimum Gasteiger partial charge on any atom is -0.462 e. The number of ketones is 1. The second-order valence-electron chi connectivity index (χ2n) is 9.21. The lowest BCUT2D eigenvalue weighted by Gasteiger charge is -2.63. The maximum absolute atomic E-state index is 12.0. The molecular weight excluding hydrogens is 428 g/mol. The average molecular weight is 456 g/mol. The Bertz CT molecular complexity index is 746. The van der Waals surface area contributed by atoms with Crippen molar-refractivity contribution in [2.24, 2.45) is 22.7 Å². The number of hydrogen-bond donors (Lipinski definition) is 0. The smallest absolute Gasteiger partial charge is 0.305 e. The third-order valence-corrected chi connectivity index (χ3v) is 10.8. The number of fused-ring (bicyclic) bond motifs is 5. The molecule has 27 heavy (non-hydrogen) atoms. The van der Waals surface area contributed by atoms with E-state index < -0.39 is 0 Å². The summed E-state index contributed by atoms with van der Waals surface area (Å²) < 4.78 is 5.58. The van der Waals surface area contributed by atoms with E-state index in [2.05, 4.69) is 35.9 Å². The Morgan fingerprint density at radius 2 is 2.04 bits per heavy atom. The van der Waals surface area contributed by atoms with Gasteiger partial charge in [-0.1, -0.05) is 48.4 Å². The minimum absolute atomic E-state index is 0.0403. The first-order chi connectivity index (χ1) is 12.7. The van der Waals surface area contributed by atoms with E-state index in [1.807, 2.05) is 13.0 Å². The number of allylic oxidation sites excluding steroid dienone is 4. The van der Waals surface area contributed by atoms with Crippen molar-refractivity contribution in [1.29, 1.82) is 0 Å². The van der Waals surface area contributed by atoms with Gasteiger partial charge in [-0.15, -0.1) is 11.6 Å². The highest BCUT2D eigenvalue weighted by molar-refractivity contribution is 9.10. The lowest BCUT2D eigenvalue weighted by Crippen LogP contribution is -2.64. The highest BCUT2D eigenvalue weighted by Crippen LogP contribution is 2.70. The average Bonchev–Trinajstić information content (AvgIpc) is 2.93. The fourth-order valence-electron chi connectivity index (χ4n) is 6.53. The second kappa shape index (κ2) is 6.45. The Labute approximate surface area is 175 Å². The molecule has 0 radical (unpaired) electrons. The van der Waals surface area contributed by atoms with Crippen LogP contribution in [0.5, 0.6) is 0 Å². The summed E-state index contributed by atoms with van der Waals surface area (Å²) in [4.78, 5) is 23.9. The third kappa shape index (κ3) is 2.58. The van der Waals surface area contributed by atoms with E-state index in [4.69, 9.17) is 16.3 Å². The maximum Gasteiger partial charge on any atom is 0.305 e. The zero-order valence-corrected chi connectivity index (χ0v) is 18.6. The molecule has 5 heteroatoms. The summed E-state index contributed by atoms with van der Waals surface area (Å²) in [6.07, 6.45) is 10.7. The van der Waals surface area contributed by atoms with Crippen LogP contribution >= 0.6 is 27.5 Å². The molecule has 0 heterocycles. The van der Waals surface area contributed by atoms with Gasteiger partial charge in [0.1, 0.15) is 6.10 Å². The van der Waals surface area contributed by atoms with Crippen LogP contribution in [0, 0.1) is 22.7 Å². The fraction of sp³-hybridized carbons (Fsp3) is 0.727. The zero-order chi connectivity index (χ0) is 19.6. The van der Waals surface area contributed by atoms with Crippen molar-refractivity contribution >= 4 is 39.3 Å². The van der Waals surface area contributed by atoms with Gasteiger partial charge in [0.2, 0.25) is 0 Å². The predicted molar refractivity (Wildman–Crippen MR) is 110 cm³/mol. The second-order valence-corrected chi connectivity index (χ2v) is 11.1. The lowest BCUT2D eigenvalue weighted by atomic mass is 9.48. The van der Waals surface area contributed by atoms with Gasteiger partial charge >= 0.3 is 5.97 Å². The maximum atomic E-state index is 12.0. The first-order valence-corrected chi connectivity index (χ1v) is 11.4.